The van der Waals surface area contributed by atoms with Gasteiger partial charge in [0.2, 0.25) is 5.91 Å². The number of fused-ring (bicyclic) bond motifs is 1. The number of rotatable bonds is 2. The van der Waals surface area contributed by atoms with Gasteiger partial charge < -0.3 is 14.8 Å². The second-order valence-electron chi connectivity index (χ2n) is 4.93. The van der Waals surface area contributed by atoms with Crippen LogP contribution in [0.4, 0.5) is 10.1 Å². The molecule has 6 heteroatoms. The Labute approximate surface area is 114 Å². The van der Waals surface area contributed by atoms with Gasteiger partial charge in [-0.1, -0.05) is 11.6 Å². The number of amides is 1. The average Bonchev–Trinajstić information content (AvgIpc) is 2.88. The number of benzene rings is 1. The average molecular weight is 286 g/mol. The molecule has 1 aromatic rings. The molecule has 0 bridgehead atoms. The highest BCUT2D eigenvalue weighted by atomic mass is 35.5. The number of hydrogen-bond donors (Lipinski definition) is 1. The van der Waals surface area contributed by atoms with Crippen LogP contribution >= 0.6 is 11.6 Å². The van der Waals surface area contributed by atoms with E-state index in [1.54, 1.807) is 6.92 Å². The maximum atomic E-state index is 13.5. The van der Waals surface area contributed by atoms with Crippen LogP contribution in [0, 0.1) is 5.82 Å². The number of carbonyl (C=O) groups excluding carboxylic acids is 1. The minimum Gasteiger partial charge on any atom is -0.348 e. The molecule has 2 aliphatic rings. The molecule has 1 saturated heterocycles. The fourth-order valence-electron chi connectivity index (χ4n) is 2.57. The van der Waals surface area contributed by atoms with Crippen molar-refractivity contribution >= 4 is 23.2 Å². The Hall–Kier alpha value is -1.17. The highest BCUT2D eigenvalue weighted by Gasteiger charge is 2.41. The maximum absolute atomic E-state index is 13.5. The lowest BCUT2D eigenvalue weighted by Gasteiger charge is -2.24. The highest BCUT2D eigenvalue weighted by molar-refractivity contribution is 6.31. The number of nitrogens with one attached hydrogen (secondary N) is 1. The molecule has 102 valence electrons. The zero-order chi connectivity index (χ0) is 13.6. The lowest BCUT2D eigenvalue weighted by atomic mass is 9.93. The summed E-state index contributed by atoms with van der Waals surface area (Å²) in [6.07, 6.45) is 0.354. The van der Waals surface area contributed by atoms with Crippen LogP contribution in [0.2, 0.25) is 5.02 Å². The molecular weight excluding hydrogens is 273 g/mol. The smallest absolute Gasteiger partial charge is 0.232 e. The predicted octanol–water partition coefficient (Wildman–Crippen LogP) is 2.67. The fourth-order valence-corrected chi connectivity index (χ4v) is 2.73. The van der Waals surface area contributed by atoms with Crippen LogP contribution in [-0.2, 0) is 14.3 Å². The Bertz CT molecular complexity index is 543. The summed E-state index contributed by atoms with van der Waals surface area (Å²) in [6.45, 7) is 2.80. The van der Waals surface area contributed by atoms with Gasteiger partial charge in [0.1, 0.15) is 5.82 Å². The topological polar surface area (TPSA) is 47.6 Å². The third kappa shape index (κ3) is 2.22. The van der Waals surface area contributed by atoms with Gasteiger partial charge in [0, 0.05) is 12.1 Å². The zero-order valence-corrected chi connectivity index (χ0v) is 11.1. The number of carbonyl (C=O) groups is 1. The lowest BCUT2D eigenvalue weighted by molar-refractivity contribution is -0.153. The van der Waals surface area contributed by atoms with E-state index in [0.717, 1.165) is 0 Å². The second-order valence-corrected chi connectivity index (χ2v) is 5.34. The molecule has 1 unspecified atom stereocenters. The molecule has 1 aromatic carbocycles. The largest absolute Gasteiger partial charge is 0.348 e. The Morgan fingerprint density at radius 2 is 2.16 bits per heavy atom. The van der Waals surface area contributed by atoms with Gasteiger partial charge in [-0.05, 0) is 24.6 Å². The van der Waals surface area contributed by atoms with Gasteiger partial charge in [-0.3, -0.25) is 4.79 Å². The molecule has 0 radical (unpaired) electrons. The van der Waals surface area contributed by atoms with Gasteiger partial charge in [0.25, 0.3) is 0 Å². The van der Waals surface area contributed by atoms with Crippen molar-refractivity contribution in [3.8, 4) is 0 Å². The quantitative estimate of drug-likeness (QED) is 0.909. The summed E-state index contributed by atoms with van der Waals surface area (Å²) < 4.78 is 24.5. The molecule has 1 atom stereocenters. The molecule has 1 N–H and O–H groups in total. The van der Waals surface area contributed by atoms with Crippen molar-refractivity contribution in [2.45, 2.75) is 25.0 Å². The Balaban J connectivity index is 1.92. The van der Waals surface area contributed by atoms with E-state index in [1.807, 2.05) is 0 Å². The van der Waals surface area contributed by atoms with Crippen molar-refractivity contribution in [2.24, 2.45) is 0 Å². The summed E-state index contributed by atoms with van der Waals surface area (Å²) in [7, 11) is 0. The third-order valence-corrected chi connectivity index (χ3v) is 3.80. The molecule has 4 nitrogen and oxygen atoms in total. The van der Waals surface area contributed by atoms with E-state index in [-0.39, 0.29) is 10.9 Å². The highest BCUT2D eigenvalue weighted by Crippen LogP contribution is 2.41. The van der Waals surface area contributed by atoms with Crippen molar-refractivity contribution in [3.05, 3.63) is 28.5 Å². The van der Waals surface area contributed by atoms with E-state index in [2.05, 4.69) is 5.32 Å². The Morgan fingerprint density at radius 3 is 2.84 bits per heavy atom. The van der Waals surface area contributed by atoms with Crippen LogP contribution < -0.4 is 5.32 Å². The molecule has 0 aromatic heterocycles. The molecule has 3 rings (SSSR count). The van der Waals surface area contributed by atoms with E-state index in [1.165, 1.54) is 12.1 Å². The SMILES string of the molecule is CC1(CC2C(=O)Nc3cc(Cl)c(F)cc32)OCCO1. The van der Waals surface area contributed by atoms with Crippen LogP contribution in [0.5, 0.6) is 0 Å². The number of halogens is 2. The molecule has 1 fully saturated rings. The lowest BCUT2D eigenvalue weighted by Crippen LogP contribution is -2.30. The van der Waals surface area contributed by atoms with Crippen LogP contribution in [0.15, 0.2) is 12.1 Å². The van der Waals surface area contributed by atoms with E-state index < -0.39 is 17.5 Å². The second kappa shape index (κ2) is 4.44. The van der Waals surface area contributed by atoms with Gasteiger partial charge in [-0.25, -0.2) is 4.39 Å². The fraction of sp³-hybridized carbons (Fsp3) is 0.462. The maximum Gasteiger partial charge on any atom is 0.232 e. The summed E-state index contributed by atoms with van der Waals surface area (Å²) >= 11 is 5.71. The van der Waals surface area contributed by atoms with E-state index >= 15 is 0 Å². The van der Waals surface area contributed by atoms with E-state index in [0.29, 0.717) is 30.9 Å². The van der Waals surface area contributed by atoms with Crippen LogP contribution in [0.3, 0.4) is 0 Å². The summed E-state index contributed by atoms with van der Waals surface area (Å²) in [5.41, 5.74) is 1.16. The number of anilines is 1. The molecular formula is C13H13ClFNO3. The third-order valence-electron chi connectivity index (χ3n) is 3.52. The zero-order valence-electron chi connectivity index (χ0n) is 10.3. The number of hydrogen-bond acceptors (Lipinski definition) is 3. The molecule has 2 heterocycles. The van der Waals surface area contributed by atoms with Crippen molar-refractivity contribution in [3.63, 3.8) is 0 Å². The van der Waals surface area contributed by atoms with Crippen molar-refractivity contribution in [1.82, 2.24) is 0 Å². The molecule has 0 aliphatic carbocycles. The van der Waals surface area contributed by atoms with Crippen molar-refractivity contribution in [2.75, 3.05) is 18.5 Å². The molecule has 2 aliphatic heterocycles. The summed E-state index contributed by atoms with van der Waals surface area (Å²) in [6, 6.07) is 2.74. The minimum atomic E-state index is -0.792. The van der Waals surface area contributed by atoms with E-state index in [9.17, 15) is 9.18 Å². The standard InChI is InChI=1S/C13H13ClFNO3/c1-13(18-2-3-19-13)6-8-7-4-10(15)9(14)5-11(7)16-12(8)17/h4-5,8H,2-3,6H2,1H3,(H,16,17). The first-order valence-electron chi connectivity index (χ1n) is 6.06. The summed E-state index contributed by atoms with van der Waals surface area (Å²) in [5, 5.41) is 2.70. The van der Waals surface area contributed by atoms with Gasteiger partial charge in [-0.2, -0.15) is 0 Å². The molecule has 19 heavy (non-hydrogen) atoms. The van der Waals surface area contributed by atoms with Gasteiger partial charge in [0.05, 0.1) is 24.2 Å². The van der Waals surface area contributed by atoms with E-state index in [4.69, 9.17) is 21.1 Å². The van der Waals surface area contributed by atoms with Gasteiger partial charge >= 0.3 is 0 Å². The van der Waals surface area contributed by atoms with Crippen LogP contribution in [-0.4, -0.2) is 24.9 Å². The minimum absolute atomic E-state index is 0.000668. The normalized spacial score (nSPS) is 24.4. The summed E-state index contributed by atoms with van der Waals surface area (Å²) in [5.74, 6) is -1.98. The first-order chi connectivity index (χ1) is 8.98. The number of ether oxygens (including phenoxy) is 2. The Kier molecular flexibility index (Phi) is 3.00. The first-order valence-corrected chi connectivity index (χ1v) is 6.44. The van der Waals surface area contributed by atoms with Crippen LogP contribution in [0.25, 0.3) is 0 Å². The molecule has 1 amide bonds. The Morgan fingerprint density at radius 1 is 1.47 bits per heavy atom. The van der Waals surface area contributed by atoms with Gasteiger partial charge in [-0.15, -0.1) is 0 Å². The predicted molar refractivity (Wildman–Crippen MR) is 67.7 cm³/mol. The van der Waals surface area contributed by atoms with Crippen molar-refractivity contribution in [1.29, 1.82) is 0 Å². The summed E-state index contributed by atoms with van der Waals surface area (Å²) in [4.78, 5) is 12.0. The monoisotopic (exact) mass is 285 g/mol. The molecule has 0 saturated carbocycles. The first kappa shape index (κ1) is 12.8. The van der Waals surface area contributed by atoms with Gasteiger partial charge in [0.15, 0.2) is 5.79 Å². The van der Waals surface area contributed by atoms with Crippen LogP contribution in [0.1, 0.15) is 24.8 Å². The molecule has 0 spiro atoms. The van der Waals surface area contributed by atoms with Crippen molar-refractivity contribution < 1.29 is 18.7 Å².